The van der Waals surface area contributed by atoms with E-state index >= 15 is 0 Å². The number of ketones is 1. The molecule has 0 radical (unpaired) electrons. The van der Waals surface area contributed by atoms with Gasteiger partial charge in [-0.15, -0.1) is 12.4 Å². The molecule has 3 atom stereocenters. The monoisotopic (exact) mass is 664 g/mol. The molecule has 1 saturated heterocycles. The number of likely N-dealkylation sites (tertiary alicyclic amines) is 1. The maximum absolute atomic E-state index is 13.8. The zero-order valence-electron chi connectivity index (χ0n) is 25.7. The lowest BCUT2D eigenvalue weighted by Crippen LogP contribution is -2.58. The molecular weight excluding hydrogens is 627 g/mol. The Morgan fingerprint density at radius 1 is 1.14 bits per heavy atom. The number of amides is 2. The summed E-state index contributed by atoms with van der Waals surface area (Å²) in [5.74, 6) is 0.364. The van der Waals surface area contributed by atoms with E-state index < -0.39 is 23.5 Å². The van der Waals surface area contributed by atoms with Crippen molar-refractivity contribution in [3.63, 3.8) is 0 Å². The lowest BCUT2D eigenvalue weighted by molar-refractivity contribution is -0.143. The van der Waals surface area contributed by atoms with Gasteiger partial charge in [-0.25, -0.2) is 9.97 Å². The predicted molar refractivity (Wildman–Crippen MR) is 176 cm³/mol. The molecule has 1 fully saturated rings. The highest BCUT2D eigenvalue weighted by molar-refractivity contribution is 6.36. The lowest BCUT2D eigenvalue weighted by Gasteiger charge is -2.36. The topological polar surface area (TPSA) is 126 Å². The normalized spacial score (nSPS) is 16.2. The van der Waals surface area contributed by atoms with Gasteiger partial charge in [-0.2, -0.15) is 0 Å². The number of aromatic nitrogens is 2. The van der Waals surface area contributed by atoms with Crippen LogP contribution in [0.5, 0.6) is 5.75 Å². The summed E-state index contributed by atoms with van der Waals surface area (Å²) >= 11 is 12.4. The summed E-state index contributed by atoms with van der Waals surface area (Å²) in [4.78, 5) is 50.8. The highest BCUT2D eigenvalue weighted by atomic mass is 35.5. The van der Waals surface area contributed by atoms with Crippen LogP contribution >= 0.6 is 35.6 Å². The quantitative estimate of drug-likeness (QED) is 0.265. The molecule has 1 aliphatic heterocycles. The van der Waals surface area contributed by atoms with Crippen LogP contribution in [0, 0.1) is 5.41 Å². The van der Waals surface area contributed by atoms with Gasteiger partial charge in [0.1, 0.15) is 23.9 Å². The largest absolute Gasteiger partial charge is 0.496 e. The molecule has 0 saturated carbocycles. The number of anilines is 2. The number of nitrogens with zero attached hydrogens (tertiary/aromatic N) is 3. The highest BCUT2D eigenvalue weighted by Crippen LogP contribution is 2.34. The van der Waals surface area contributed by atoms with Crippen LogP contribution in [0.25, 0.3) is 10.9 Å². The first-order chi connectivity index (χ1) is 20.3. The molecule has 44 heavy (non-hydrogen) atoms. The molecular formula is C31H39Cl3N6O4. The number of hydrogen-bond acceptors (Lipinski definition) is 8. The van der Waals surface area contributed by atoms with E-state index in [1.165, 1.54) is 13.4 Å². The van der Waals surface area contributed by atoms with Crippen LogP contribution in [0.3, 0.4) is 0 Å². The van der Waals surface area contributed by atoms with Gasteiger partial charge in [0, 0.05) is 35.0 Å². The predicted octanol–water partition coefficient (Wildman–Crippen LogP) is 5.35. The summed E-state index contributed by atoms with van der Waals surface area (Å²) in [6, 6.07) is 6.83. The van der Waals surface area contributed by atoms with Crippen LogP contribution in [-0.2, 0) is 20.8 Å². The molecule has 13 heteroatoms. The molecule has 1 aromatic heterocycles. The van der Waals surface area contributed by atoms with Gasteiger partial charge in [-0.05, 0) is 56.5 Å². The van der Waals surface area contributed by atoms with Gasteiger partial charge in [0.2, 0.25) is 11.8 Å². The molecule has 2 aromatic carbocycles. The summed E-state index contributed by atoms with van der Waals surface area (Å²) < 4.78 is 5.64. The summed E-state index contributed by atoms with van der Waals surface area (Å²) in [7, 11) is 3.23. The molecule has 0 spiro atoms. The minimum Gasteiger partial charge on any atom is -0.496 e. The number of rotatable bonds is 10. The third kappa shape index (κ3) is 7.90. The molecule has 2 amide bonds. The molecule has 2 heterocycles. The van der Waals surface area contributed by atoms with Gasteiger partial charge in [-0.1, -0.05) is 44.0 Å². The molecule has 0 bridgehead atoms. The summed E-state index contributed by atoms with van der Waals surface area (Å²) in [5.41, 5.74) is 1.31. The second-order valence-electron chi connectivity index (χ2n) is 11.8. The molecule has 10 nitrogen and oxygen atoms in total. The van der Waals surface area contributed by atoms with E-state index in [1.807, 2.05) is 26.8 Å². The molecule has 238 valence electrons. The van der Waals surface area contributed by atoms with E-state index in [9.17, 15) is 14.4 Å². The number of benzene rings is 2. The van der Waals surface area contributed by atoms with E-state index in [1.54, 1.807) is 43.1 Å². The van der Waals surface area contributed by atoms with Gasteiger partial charge >= 0.3 is 0 Å². The second kappa shape index (κ2) is 14.7. The van der Waals surface area contributed by atoms with Crippen LogP contribution < -0.4 is 20.7 Å². The van der Waals surface area contributed by atoms with E-state index in [-0.39, 0.29) is 36.4 Å². The third-order valence-corrected chi connectivity index (χ3v) is 8.27. The number of nitrogens with one attached hydrogen (secondary N) is 3. The molecule has 4 rings (SSSR count). The number of ether oxygens (including phenoxy) is 1. The Morgan fingerprint density at radius 2 is 1.86 bits per heavy atom. The van der Waals surface area contributed by atoms with Gasteiger partial charge < -0.3 is 25.6 Å². The van der Waals surface area contributed by atoms with Gasteiger partial charge in [0.15, 0.2) is 5.78 Å². The number of Topliss-reactive ketones (excluding diaryl/α,β-unsaturated/α-hetero) is 1. The number of carbonyl (C=O) groups excluding carboxylic acids is 3. The number of fused-ring (bicyclic) bond motifs is 1. The van der Waals surface area contributed by atoms with Gasteiger partial charge in [0.25, 0.3) is 0 Å². The van der Waals surface area contributed by atoms with Crippen molar-refractivity contribution in [1.82, 2.24) is 25.5 Å². The Labute approximate surface area is 274 Å². The van der Waals surface area contributed by atoms with Crippen LogP contribution in [-0.4, -0.2) is 71.3 Å². The smallest absolute Gasteiger partial charge is 0.246 e. The van der Waals surface area contributed by atoms with E-state index in [4.69, 9.17) is 27.9 Å². The van der Waals surface area contributed by atoms with Crippen molar-refractivity contribution in [2.24, 2.45) is 5.41 Å². The average molecular weight is 666 g/mol. The van der Waals surface area contributed by atoms with Gasteiger partial charge in [0.05, 0.1) is 35.4 Å². The highest BCUT2D eigenvalue weighted by Gasteiger charge is 2.42. The maximum atomic E-state index is 13.8. The van der Waals surface area contributed by atoms with Crippen LogP contribution in [0.2, 0.25) is 10.0 Å². The molecule has 0 unspecified atom stereocenters. The zero-order chi connectivity index (χ0) is 31.5. The van der Waals surface area contributed by atoms with Crippen molar-refractivity contribution >= 4 is 75.6 Å². The first kappa shape index (κ1) is 35.3. The first-order valence-electron chi connectivity index (χ1n) is 14.2. The minimum absolute atomic E-state index is 0. The molecule has 0 aliphatic carbocycles. The van der Waals surface area contributed by atoms with E-state index in [0.717, 1.165) is 0 Å². The van der Waals surface area contributed by atoms with Crippen molar-refractivity contribution < 1.29 is 19.1 Å². The number of halogens is 3. The number of hydrogen-bond donors (Lipinski definition) is 3. The Balaban J connectivity index is 0.00000529. The standard InChI is InChI=1S/C31H38Cl2N6O4.ClH/c1-17(34-5)29(41)38-27(31(2,3)4)30(42)39-11-7-8-24(39)25(40)13-18-12-20-23(15-26(18)43-6)35-16-36-28(20)37-22-10-9-19(32)14-21(22)33;/h9-10,12,14-17,24,27,34H,7-8,11,13H2,1-6H3,(H,38,41)(H,35,36,37);1H/t17-,24-,27+;/m0./s1. The lowest BCUT2D eigenvalue weighted by atomic mass is 9.85. The minimum atomic E-state index is -0.787. The number of methoxy groups -OCH3 is 1. The van der Waals surface area contributed by atoms with Crippen molar-refractivity contribution in [1.29, 1.82) is 0 Å². The van der Waals surface area contributed by atoms with Crippen LogP contribution in [0.1, 0.15) is 46.1 Å². The van der Waals surface area contributed by atoms with Crippen LogP contribution in [0.15, 0.2) is 36.7 Å². The summed E-state index contributed by atoms with van der Waals surface area (Å²) in [6.45, 7) is 7.87. The molecule has 1 aliphatic rings. The second-order valence-corrected chi connectivity index (χ2v) is 12.6. The van der Waals surface area contributed by atoms with Crippen LogP contribution in [0.4, 0.5) is 11.5 Å². The Kier molecular flexibility index (Phi) is 11.8. The zero-order valence-corrected chi connectivity index (χ0v) is 28.0. The fourth-order valence-corrected chi connectivity index (χ4v) is 5.61. The summed E-state index contributed by atoms with van der Waals surface area (Å²) in [5, 5.41) is 10.7. The fraction of sp³-hybridized carbons (Fsp3) is 0.452. The Morgan fingerprint density at radius 3 is 2.50 bits per heavy atom. The van der Waals surface area contributed by atoms with Gasteiger partial charge in [-0.3, -0.25) is 14.4 Å². The summed E-state index contributed by atoms with van der Waals surface area (Å²) in [6.07, 6.45) is 2.71. The molecule has 3 aromatic rings. The average Bonchev–Trinajstić information content (AvgIpc) is 3.46. The SMILES string of the molecule is CN[C@@H](C)C(=O)N[C@H](C(=O)N1CCC[C@H]1C(=O)Cc1cc2c(Nc3ccc(Cl)cc3Cl)ncnc2cc1OC)C(C)(C)C.Cl. The van der Waals surface area contributed by atoms with E-state index in [2.05, 4.69) is 25.9 Å². The third-order valence-electron chi connectivity index (χ3n) is 7.72. The Hall–Kier alpha value is -3.18. The number of carbonyl (C=O) groups is 3. The van der Waals surface area contributed by atoms with Crippen molar-refractivity contribution in [3.05, 3.63) is 52.3 Å². The fourth-order valence-electron chi connectivity index (χ4n) is 5.16. The van der Waals surface area contributed by atoms with Crippen molar-refractivity contribution in [2.75, 3.05) is 26.0 Å². The van der Waals surface area contributed by atoms with E-state index in [0.29, 0.717) is 63.2 Å². The molecule has 3 N–H and O–H groups in total. The maximum Gasteiger partial charge on any atom is 0.246 e. The first-order valence-corrected chi connectivity index (χ1v) is 14.9. The van der Waals surface area contributed by atoms with Crippen molar-refractivity contribution in [3.8, 4) is 5.75 Å². The number of likely N-dealkylation sites (N-methyl/N-ethyl adjacent to an activating group) is 1. The van der Waals surface area contributed by atoms with Crippen molar-refractivity contribution in [2.45, 2.75) is 65.1 Å². The Bertz CT molecular complexity index is 1530.